The van der Waals surface area contributed by atoms with E-state index in [1.165, 1.54) is 18.0 Å². The average molecular weight is 446 g/mol. The Morgan fingerprint density at radius 3 is 2.67 bits per heavy atom. The van der Waals surface area contributed by atoms with Crippen molar-refractivity contribution in [3.8, 4) is 11.5 Å². The van der Waals surface area contributed by atoms with E-state index in [-0.39, 0.29) is 18.3 Å². The van der Waals surface area contributed by atoms with Crippen LogP contribution in [0, 0.1) is 0 Å². The summed E-state index contributed by atoms with van der Waals surface area (Å²) in [5.74, 6) is 2.45. The van der Waals surface area contributed by atoms with Crippen LogP contribution in [0.5, 0.6) is 11.5 Å². The summed E-state index contributed by atoms with van der Waals surface area (Å²) < 4.78 is 12.8. The minimum Gasteiger partial charge on any atom is -0.497 e. The largest absolute Gasteiger partial charge is 0.497 e. The van der Waals surface area contributed by atoms with Crippen molar-refractivity contribution < 1.29 is 14.3 Å². The van der Waals surface area contributed by atoms with Crippen LogP contribution in [-0.4, -0.2) is 38.5 Å². The van der Waals surface area contributed by atoms with Gasteiger partial charge in [-0.3, -0.25) is 9.36 Å². The lowest BCUT2D eigenvalue weighted by Crippen LogP contribution is -2.15. The number of carbonyl (C=O) groups is 1. The third-order valence-electron chi connectivity index (χ3n) is 3.86. The first-order valence-corrected chi connectivity index (χ1v) is 10.3. The molecule has 0 aliphatic rings. The molecule has 0 atom stereocenters. The molecule has 8 nitrogen and oxygen atoms in total. The zero-order chi connectivity index (χ0) is 21.3. The first-order valence-electron chi connectivity index (χ1n) is 8.93. The van der Waals surface area contributed by atoms with Gasteiger partial charge in [-0.1, -0.05) is 29.4 Å². The fraction of sp³-hybridized carbons (Fsp3) is 0.200. The van der Waals surface area contributed by atoms with Gasteiger partial charge in [0.15, 0.2) is 11.0 Å². The molecule has 2 aromatic heterocycles. The molecule has 0 aliphatic heterocycles. The van der Waals surface area contributed by atoms with Crippen molar-refractivity contribution in [3.05, 3.63) is 66.1 Å². The normalized spacial score (nSPS) is 10.5. The van der Waals surface area contributed by atoms with Gasteiger partial charge >= 0.3 is 0 Å². The number of aromatic nitrogens is 4. The van der Waals surface area contributed by atoms with Gasteiger partial charge in [-0.05, 0) is 36.4 Å². The highest BCUT2D eigenvalue weighted by Crippen LogP contribution is 2.21. The maximum absolute atomic E-state index is 12.2. The average Bonchev–Trinajstić information content (AvgIpc) is 3.14. The SMILES string of the molecule is C=CCn1c(COc2ccc(OC)cc2)nnc1SCC(=O)Nc1ccc(Cl)cn1. The molecule has 2 heterocycles. The molecule has 0 fully saturated rings. The van der Waals surface area contributed by atoms with Gasteiger partial charge < -0.3 is 14.8 Å². The van der Waals surface area contributed by atoms with E-state index in [1.807, 2.05) is 28.8 Å². The molecule has 0 spiro atoms. The van der Waals surface area contributed by atoms with Gasteiger partial charge in [0.2, 0.25) is 5.91 Å². The monoisotopic (exact) mass is 445 g/mol. The summed E-state index contributed by atoms with van der Waals surface area (Å²) in [5, 5.41) is 12.2. The van der Waals surface area contributed by atoms with Crippen LogP contribution in [0.15, 0.2) is 60.4 Å². The maximum atomic E-state index is 12.2. The first-order chi connectivity index (χ1) is 14.6. The number of halogens is 1. The lowest BCUT2D eigenvalue weighted by Gasteiger charge is -2.09. The number of amides is 1. The standard InChI is InChI=1S/C20H20ClN5O3S/c1-3-10-26-18(12-29-16-7-5-15(28-2)6-8-16)24-25-20(26)30-13-19(27)23-17-9-4-14(21)11-22-17/h3-9,11H,1,10,12-13H2,2H3,(H,22,23,27). The number of allylic oxidation sites excluding steroid dienone is 1. The molecule has 1 aromatic carbocycles. The van der Waals surface area contributed by atoms with E-state index in [1.54, 1.807) is 25.3 Å². The van der Waals surface area contributed by atoms with E-state index in [0.29, 0.717) is 34.1 Å². The molecule has 3 rings (SSSR count). The highest BCUT2D eigenvalue weighted by molar-refractivity contribution is 7.99. The number of nitrogens with one attached hydrogen (secondary N) is 1. The van der Waals surface area contributed by atoms with E-state index >= 15 is 0 Å². The van der Waals surface area contributed by atoms with Crippen molar-refractivity contribution in [2.45, 2.75) is 18.3 Å². The fourth-order valence-electron chi connectivity index (χ4n) is 2.42. The fourth-order valence-corrected chi connectivity index (χ4v) is 3.30. The van der Waals surface area contributed by atoms with Crippen LogP contribution in [0.2, 0.25) is 5.02 Å². The molecule has 0 unspecified atom stereocenters. The van der Waals surface area contributed by atoms with E-state index in [0.717, 1.165) is 5.75 Å². The smallest absolute Gasteiger partial charge is 0.236 e. The molecule has 0 saturated heterocycles. The topological polar surface area (TPSA) is 91.2 Å². The van der Waals surface area contributed by atoms with E-state index in [9.17, 15) is 4.79 Å². The molecule has 10 heteroatoms. The molecule has 0 bridgehead atoms. The van der Waals surface area contributed by atoms with Crippen LogP contribution in [0.3, 0.4) is 0 Å². The first kappa shape index (κ1) is 21.7. The van der Waals surface area contributed by atoms with Crippen LogP contribution >= 0.6 is 23.4 Å². The third kappa shape index (κ3) is 5.98. The van der Waals surface area contributed by atoms with E-state index in [4.69, 9.17) is 21.1 Å². The summed E-state index contributed by atoms with van der Waals surface area (Å²) in [6, 6.07) is 10.6. The second-order valence-corrected chi connectivity index (χ2v) is 7.34. The predicted molar refractivity (Wildman–Crippen MR) is 116 cm³/mol. The van der Waals surface area contributed by atoms with E-state index < -0.39 is 0 Å². The van der Waals surface area contributed by atoms with Crippen molar-refractivity contribution in [1.82, 2.24) is 19.7 Å². The number of anilines is 1. The summed E-state index contributed by atoms with van der Waals surface area (Å²) in [5.41, 5.74) is 0. The lowest BCUT2D eigenvalue weighted by atomic mass is 10.3. The molecule has 156 valence electrons. The summed E-state index contributed by atoms with van der Waals surface area (Å²) >= 11 is 7.06. The number of carbonyl (C=O) groups excluding carboxylic acids is 1. The van der Waals surface area contributed by atoms with Crippen molar-refractivity contribution in [2.75, 3.05) is 18.2 Å². The number of ether oxygens (including phenoxy) is 2. The Hall–Kier alpha value is -3.04. The van der Waals surface area contributed by atoms with Crippen molar-refractivity contribution >= 4 is 35.1 Å². The molecule has 3 aromatic rings. The van der Waals surface area contributed by atoms with Crippen LogP contribution in [0.4, 0.5) is 5.82 Å². The van der Waals surface area contributed by atoms with Crippen molar-refractivity contribution in [2.24, 2.45) is 0 Å². The molecule has 30 heavy (non-hydrogen) atoms. The number of hydrogen-bond donors (Lipinski definition) is 1. The maximum Gasteiger partial charge on any atom is 0.236 e. The van der Waals surface area contributed by atoms with Gasteiger partial charge in [0.25, 0.3) is 0 Å². The van der Waals surface area contributed by atoms with Crippen LogP contribution in [0.1, 0.15) is 5.82 Å². The Morgan fingerprint density at radius 2 is 2.00 bits per heavy atom. The summed E-state index contributed by atoms with van der Waals surface area (Å²) in [4.78, 5) is 16.2. The lowest BCUT2D eigenvalue weighted by molar-refractivity contribution is -0.113. The number of nitrogens with zero attached hydrogens (tertiary/aromatic N) is 4. The van der Waals surface area contributed by atoms with Gasteiger partial charge in [0.1, 0.15) is 23.9 Å². The molecular weight excluding hydrogens is 426 g/mol. The van der Waals surface area contributed by atoms with Crippen LogP contribution in [-0.2, 0) is 17.9 Å². The van der Waals surface area contributed by atoms with Crippen LogP contribution < -0.4 is 14.8 Å². The van der Waals surface area contributed by atoms with Crippen molar-refractivity contribution in [3.63, 3.8) is 0 Å². The second-order valence-electron chi connectivity index (χ2n) is 5.96. The van der Waals surface area contributed by atoms with Gasteiger partial charge in [0, 0.05) is 12.7 Å². The number of pyridine rings is 1. The highest BCUT2D eigenvalue weighted by atomic mass is 35.5. The van der Waals surface area contributed by atoms with Gasteiger partial charge in [-0.2, -0.15) is 0 Å². The highest BCUT2D eigenvalue weighted by Gasteiger charge is 2.14. The summed E-state index contributed by atoms with van der Waals surface area (Å²) in [6.07, 6.45) is 3.21. The summed E-state index contributed by atoms with van der Waals surface area (Å²) in [6.45, 7) is 4.50. The zero-order valence-electron chi connectivity index (χ0n) is 16.2. The predicted octanol–water partition coefficient (Wildman–Crippen LogP) is 3.83. The number of thioether (sulfide) groups is 1. The Labute approximate surface area is 183 Å². The van der Waals surface area contributed by atoms with Gasteiger partial charge in [-0.25, -0.2) is 4.98 Å². The molecule has 1 amide bonds. The molecule has 1 N–H and O–H groups in total. The third-order valence-corrected chi connectivity index (χ3v) is 5.05. The Kier molecular flexibility index (Phi) is 7.69. The zero-order valence-corrected chi connectivity index (χ0v) is 17.8. The number of hydrogen-bond acceptors (Lipinski definition) is 7. The quantitative estimate of drug-likeness (QED) is 0.374. The molecule has 0 saturated carbocycles. The Bertz CT molecular complexity index is 993. The Balaban J connectivity index is 1.59. The van der Waals surface area contributed by atoms with Crippen molar-refractivity contribution in [1.29, 1.82) is 0 Å². The number of rotatable bonds is 10. The van der Waals surface area contributed by atoms with Gasteiger partial charge in [-0.15, -0.1) is 16.8 Å². The minimum atomic E-state index is -0.209. The Morgan fingerprint density at radius 1 is 1.23 bits per heavy atom. The molecule has 0 radical (unpaired) electrons. The van der Waals surface area contributed by atoms with Crippen LogP contribution in [0.25, 0.3) is 0 Å². The van der Waals surface area contributed by atoms with E-state index in [2.05, 4.69) is 27.1 Å². The second kappa shape index (κ2) is 10.7. The summed E-state index contributed by atoms with van der Waals surface area (Å²) in [7, 11) is 1.61. The molecule has 0 aliphatic carbocycles. The number of benzene rings is 1. The number of methoxy groups -OCH3 is 1. The minimum absolute atomic E-state index is 0.152. The van der Waals surface area contributed by atoms with Gasteiger partial charge in [0.05, 0.1) is 17.9 Å². The molecular formula is C20H20ClN5O3S.